The Morgan fingerprint density at radius 2 is 2.23 bits per heavy atom. The lowest BCUT2D eigenvalue weighted by Gasteiger charge is -2.33. The van der Waals surface area contributed by atoms with Crippen LogP contribution in [0, 0.1) is 5.41 Å². The van der Waals surface area contributed by atoms with Crippen molar-refractivity contribution < 1.29 is 14.3 Å². The molecular weight excluding hydrogens is 350 g/mol. The molecule has 2 rings (SSSR count). The first-order valence-corrected chi connectivity index (χ1v) is 8.34. The standard InChI is InChI=1S/C15H24BrN3O3/c1-15(2,3)22-14(20)19-6-4-12(11(8-19)13(16)17)18-10-5-7-21-9-10/h10,17-18H,4-9H2,1-3H3/t10-/m0/s1. The average molecular weight is 374 g/mol. The van der Waals surface area contributed by atoms with E-state index >= 15 is 0 Å². The van der Waals surface area contributed by atoms with Crippen LogP contribution in [0.15, 0.2) is 11.3 Å². The van der Waals surface area contributed by atoms with Crippen molar-refractivity contribution in [1.29, 1.82) is 5.41 Å². The fraction of sp³-hybridized carbons (Fsp3) is 0.733. The number of ether oxygens (including phenoxy) is 2. The number of carbonyl (C=O) groups excluding carboxylic acids is 1. The summed E-state index contributed by atoms with van der Waals surface area (Å²) in [5, 5.41) is 11.4. The van der Waals surface area contributed by atoms with Crippen LogP contribution in [0.3, 0.4) is 0 Å². The first kappa shape index (κ1) is 17.3. The molecule has 2 N–H and O–H groups in total. The Hall–Kier alpha value is -1.08. The van der Waals surface area contributed by atoms with Crippen molar-refractivity contribution in [3.8, 4) is 0 Å². The Morgan fingerprint density at radius 1 is 1.50 bits per heavy atom. The summed E-state index contributed by atoms with van der Waals surface area (Å²) in [5.74, 6) is 0. The van der Waals surface area contributed by atoms with E-state index < -0.39 is 5.60 Å². The maximum Gasteiger partial charge on any atom is 0.410 e. The van der Waals surface area contributed by atoms with E-state index in [4.69, 9.17) is 14.9 Å². The van der Waals surface area contributed by atoms with Crippen molar-refractivity contribution in [2.24, 2.45) is 0 Å². The lowest BCUT2D eigenvalue weighted by Crippen LogP contribution is -2.44. The molecule has 0 bridgehead atoms. The number of amides is 1. The summed E-state index contributed by atoms with van der Waals surface area (Å²) in [6.45, 7) is 8.00. The van der Waals surface area contributed by atoms with Gasteiger partial charge in [-0.1, -0.05) is 0 Å². The zero-order valence-corrected chi connectivity index (χ0v) is 15.0. The van der Waals surface area contributed by atoms with E-state index in [-0.39, 0.29) is 6.09 Å². The van der Waals surface area contributed by atoms with Crippen molar-refractivity contribution in [3.05, 3.63) is 11.3 Å². The fourth-order valence-electron chi connectivity index (χ4n) is 2.50. The monoisotopic (exact) mass is 373 g/mol. The molecular formula is C15H24BrN3O3. The Bertz CT molecular complexity index is 479. The van der Waals surface area contributed by atoms with E-state index in [1.807, 2.05) is 20.8 Å². The summed E-state index contributed by atoms with van der Waals surface area (Å²) in [6, 6.07) is 0.296. The molecule has 2 aliphatic rings. The van der Waals surface area contributed by atoms with E-state index in [2.05, 4.69) is 21.2 Å². The molecule has 0 aromatic carbocycles. The van der Waals surface area contributed by atoms with Gasteiger partial charge in [0.25, 0.3) is 0 Å². The Balaban J connectivity index is 2.05. The maximum absolute atomic E-state index is 12.2. The number of hydrogen-bond donors (Lipinski definition) is 2. The number of halogens is 1. The summed E-state index contributed by atoms with van der Waals surface area (Å²) >= 11 is 3.24. The molecule has 1 amide bonds. The predicted molar refractivity (Wildman–Crippen MR) is 88.5 cm³/mol. The van der Waals surface area contributed by atoms with Crippen LogP contribution in [-0.4, -0.2) is 53.6 Å². The fourth-order valence-corrected chi connectivity index (χ4v) is 2.87. The Morgan fingerprint density at radius 3 is 2.77 bits per heavy atom. The number of rotatable bonds is 3. The summed E-state index contributed by atoms with van der Waals surface area (Å²) in [4.78, 5) is 13.8. The number of nitrogens with one attached hydrogen (secondary N) is 2. The molecule has 2 heterocycles. The second-order valence-corrected chi connectivity index (χ2v) is 7.42. The van der Waals surface area contributed by atoms with Gasteiger partial charge in [0.2, 0.25) is 0 Å². The van der Waals surface area contributed by atoms with Gasteiger partial charge < -0.3 is 19.7 Å². The predicted octanol–water partition coefficient (Wildman–Crippen LogP) is 2.63. The SMILES string of the molecule is CC(C)(C)OC(=O)N1CCC(N[C@H]2CCOC2)=C(C(=N)Br)C1. The third-order valence-electron chi connectivity index (χ3n) is 3.57. The third kappa shape index (κ3) is 4.71. The summed E-state index contributed by atoms with van der Waals surface area (Å²) in [6.07, 6.45) is 1.34. The second-order valence-electron chi connectivity index (χ2n) is 6.63. The molecule has 1 saturated heterocycles. The highest BCUT2D eigenvalue weighted by Gasteiger charge is 2.29. The zero-order chi connectivity index (χ0) is 16.3. The minimum atomic E-state index is -0.511. The lowest BCUT2D eigenvalue weighted by molar-refractivity contribution is 0.0261. The molecule has 22 heavy (non-hydrogen) atoms. The number of nitrogens with zero attached hydrogens (tertiary/aromatic N) is 1. The second kappa shape index (κ2) is 7.00. The van der Waals surface area contributed by atoms with Gasteiger partial charge in [-0.3, -0.25) is 5.41 Å². The normalized spacial score (nSPS) is 22.7. The van der Waals surface area contributed by atoms with Gasteiger partial charge >= 0.3 is 6.09 Å². The van der Waals surface area contributed by atoms with Crippen molar-refractivity contribution >= 4 is 26.6 Å². The lowest BCUT2D eigenvalue weighted by atomic mass is 10.1. The molecule has 1 atom stereocenters. The molecule has 0 aliphatic carbocycles. The molecule has 0 saturated carbocycles. The molecule has 6 nitrogen and oxygen atoms in total. The van der Waals surface area contributed by atoms with E-state index in [1.54, 1.807) is 4.90 Å². The zero-order valence-electron chi connectivity index (χ0n) is 13.4. The number of hydrogen-bond acceptors (Lipinski definition) is 5. The van der Waals surface area contributed by atoms with Gasteiger partial charge in [-0.25, -0.2) is 4.79 Å². The van der Waals surface area contributed by atoms with Crippen LogP contribution in [-0.2, 0) is 9.47 Å². The minimum absolute atomic E-state index is 0.296. The molecule has 7 heteroatoms. The van der Waals surface area contributed by atoms with Crippen molar-refractivity contribution in [2.45, 2.75) is 45.3 Å². The van der Waals surface area contributed by atoms with Gasteiger partial charge in [-0.2, -0.15) is 0 Å². The van der Waals surface area contributed by atoms with E-state index in [1.165, 1.54) is 0 Å². The Kier molecular flexibility index (Phi) is 5.50. The molecule has 0 unspecified atom stereocenters. The van der Waals surface area contributed by atoms with Crippen molar-refractivity contribution in [3.63, 3.8) is 0 Å². The molecule has 2 aliphatic heterocycles. The van der Waals surface area contributed by atoms with Gasteiger partial charge in [0.15, 0.2) is 0 Å². The van der Waals surface area contributed by atoms with Crippen LogP contribution in [0.4, 0.5) is 4.79 Å². The molecule has 1 fully saturated rings. The van der Waals surface area contributed by atoms with Crippen LogP contribution >= 0.6 is 15.9 Å². The van der Waals surface area contributed by atoms with Crippen LogP contribution in [0.5, 0.6) is 0 Å². The minimum Gasteiger partial charge on any atom is -0.444 e. The van der Waals surface area contributed by atoms with Gasteiger partial charge in [0, 0.05) is 30.8 Å². The van der Waals surface area contributed by atoms with Crippen molar-refractivity contribution in [2.75, 3.05) is 26.3 Å². The molecule has 0 aromatic heterocycles. The highest BCUT2D eigenvalue weighted by Crippen LogP contribution is 2.22. The third-order valence-corrected chi connectivity index (χ3v) is 4.05. The first-order chi connectivity index (χ1) is 10.3. The quantitative estimate of drug-likeness (QED) is 0.745. The maximum atomic E-state index is 12.2. The summed E-state index contributed by atoms with van der Waals surface area (Å²) in [7, 11) is 0. The first-order valence-electron chi connectivity index (χ1n) is 7.55. The average Bonchev–Trinajstić information content (AvgIpc) is 2.89. The molecule has 124 valence electrons. The van der Waals surface area contributed by atoms with Gasteiger partial charge in [-0.15, -0.1) is 0 Å². The van der Waals surface area contributed by atoms with Crippen LogP contribution in [0.25, 0.3) is 0 Å². The van der Waals surface area contributed by atoms with Crippen molar-refractivity contribution in [1.82, 2.24) is 10.2 Å². The van der Waals surface area contributed by atoms with Gasteiger partial charge in [0.05, 0.1) is 19.2 Å². The molecule has 0 spiro atoms. The van der Waals surface area contributed by atoms with E-state index in [0.717, 1.165) is 24.3 Å². The van der Waals surface area contributed by atoms with Crippen LogP contribution in [0.2, 0.25) is 0 Å². The highest BCUT2D eigenvalue weighted by atomic mass is 79.9. The highest BCUT2D eigenvalue weighted by molar-refractivity contribution is 9.18. The number of carbonyl (C=O) groups is 1. The summed E-state index contributed by atoms with van der Waals surface area (Å²) in [5.41, 5.74) is 1.32. The Labute approximate surface area is 139 Å². The van der Waals surface area contributed by atoms with Gasteiger partial charge in [0.1, 0.15) is 10.2 Å². The van der Waals surface area contributed by atoms with E-state index in [9.17, 15) is 4.79 Å². The smallest absolute Gasteiger partial charge is 0.410 e. The van der Waals surface area contributed by atoms with E-state index in [0.29, 0.717) is 36.8 Å². The van der Waals surface area contributed by atoms with Crippen LogP contribution < -0.4 is 5.32 Å². The summed E-state index contributed by atoms with van der Waals surface area (Å²) < 4.78 is 11.1. The largest absolute Gasteiger partial charge is 0.444 e. The molecule has 0 radical (unpaired) electrons. The topological polar surface area (TPSA) is 74.7 Å². The van der Waals surface area contributed by atoms with Crippen LogP contribution in [0.1, 0.15) is 33.6 Å². The van der Waals surface area contributed by atoms with Gasteiger partial charge in [-0.05, 0) is 43.1 Å². The molecule has 0 aromatic rings.